The number of nitrogens with two attached hydrogens (primary N) is 3. The van der Waals surface area contributed by atoms with Gasteiger partial charge in [-0.3, -0.25) is 0 Å². The summed E-state index contributed by atoms with van der Waals surface area (Å²) in [6, 6.07) is 0. The van der Waals surface area contributed by atoms with Gasteiger partial charge in [0.25, 0.3) is 11.6 Å². The summed E-state index contributed by atoms with van der Waals surface area (Å²) in [5, 5.41) is 15.9. The first-order chi connectivity index (χ1) is 18.2. The predicted molar refractivity (Wildman–Crippen MR) is 138 cm³/mol. The van der Waals surface area contributed by atoms with Crippen molar-refractivity contribution in [2.75, 3.05) is 24.3 Å². The molecule has 0 bridgehead atoms. The average molecular weight is 526 g/mol. The third kappa shape index (κ3) is 5.37. The molecule has 6 heterocycles. The van der Waals surface area contributed by atoms with E-state index in [9.17, 15) is 0 Å². The molecule has 0 saturated heterocycles. The Morgan fingerprint density at radius 2 is 1.16 bits per heavy atom. The van der Waals surface area contributed by atoms with Gasteiger partial charge >= 0.3 is 0 Å². The summed E-state index contributed by atoms with van der Waals surface area (Å²) in [6.07, 6.45) is 9.59. The van der Waals surface area contributed by atoms with E-state index >= 15 is 0 Å². The Kier molecular flexibility index (Phi) is 8.56. The Hall–Kier alpha value is -5.03. The Labute approximate surface area is 216 Å². The zero-order chi connectivity index (χ0) is 28.0. The van der Waals surface area contributed by atoms with Crippen LogP contribution in [0.5, 0.6) is 0 Å². The number of nitrogen functional groups attached to an aromatic ring is 3. The molecule has 6 aromatic heterocycles. The van der Waals surface area contributed by atoms with Gasteiger partial charge in [-0.25, -0.2) is 34.1 Å². The fraction of sp³-hybridized carbons (Fsp3) is 0.286. The van der Waals surface area contributed by atoms with E-state index in [-0.39, 0.29) is 6.73 Å². The summed E-state index contributed by atoms with van der Waals surface area (Å²) in [7, 11) is 8.44. The molecule has 0 aliphatic carbocycles. The van der Waals surface area contributed by atoms with Gasteiger partial charge in [-0.15, -0.1) is 0 Å². The molecule has 17 heteroatoms. The smallest absolute Gasteiger partial charge is 0.252 e. The number of aliphatic hydroxyl groups excluding tert-OH is 2. The number of rotatable bonds is 1. The van der Waals surface area contributed by atoms with Crippen LogP contribution in [0, 0.1) is 0 Å². The van der Waals surface area contributed by atoms with Gasteiger partial charge in [-0.1, -0.05) is 9.97 Å². The molecule has 200 valence electrons. The predicted octanol–water partition coefficient (Wildman–Crippen LogP) is -2.28. The molecule has 0 aliphatic heterocycles. The summed E-state index contributed by atoms with van der Waals surface area (Å²) in [5.41, 5.74) is 21.4. The highest BCUT2D eigenvalue weighted by Crippen LogP contribution is 2.13. The summed E-state index contributed by atoms with van der Waals surface area (Å²) < 4.78 is 8.58. The molecule has 0 aromatic carbocycles. The second-order valence-corrected chi connectivity index (χ2v) is 7.82. The fourth-order valence-electron chi connectivity index (χ4n) is 3.28. The Bertz CT molecular complexity index is 1670. The van der Waals surface area contributed by atoms with Gasteiger partial charge < -0.3 is 41.1 Å². The Balaban J connectivity index is 0.000000153. The quantitative estimate of drug-likeness (QED) is 0.143. The van der Waals surface area contributed by atoms with Crippen molar-refractivity contribution in [2.45, 2.75) is 6.73 Å². The number of nitrogens with zero attached hydrogens (tertiary/aromatic N) is 12. The highest BCUT2D eigenvalue weighted by atomic mass is 16.3. The van der Waals surface area contributed by atoms with Crippen molar-refractivity contribution in [3.63, 3.8) is 0 Å². The van der Waals surface area contributed by atoms with E-state index in [1.54, 1.807) is 39.0 Å². The molecule has 0 saturated carbocycles. The number of aryl methyl sites for hydroxylation is 4. The van der Waals surface area contributed by atoms with E-state index in [1.165, 1.54) is 17.2 Å². The molecule has 6 rings (SSSR count). The first-order valence-electron chi connectivity index (χ1n) is 11.0. The van der Waals surface area contributed by atoms with Crippen LogP contribution < -0.4 is 26.3 Å². The molecular weight excluding hydrogens is 494 g/mol. The molecule has 0 atom stereocenters. The molecule has 0 spiro atoms. The van der Waals surface area contributed by atoms with Crippen LogP contribution >= 0.6 is 0 Å². The lowest BCUT2D eigenvalue weighted by atomic mass is 10.5. The minimum absolute atomic E-state index is 0.189. The van der Waals surface area contributed by atoms with Gasteiger partial charge in [0.15, 0.2) is 29.2 Å². The second-order valence-electron chi connectivity index (χ2n) is 7.82. The van der Waals surface area contributed by atoms with E-state index in [0.717, 1.165) is 23.9 Å². The topological polar surface area (TPSA) is 231 Å². The minimum Gasteiger partial charge on any atom is -0.400 e. The standard InChI is InChI=1S/C7H9N5O.C7H9N5.C6H7N5.CH4O/c1-11-2-9-5-6(8)12(4-13)3-10-7(5)11;1-11-4-10-7-5(6(11)8)9-3-12(7)2;1-11-3-10-4-5(7)8-2-9-6(4)11;1-2/h2-3,8,13H,4H2,1H3;3-4,8H,1-2H3;2-3H,1H3,(H2,7,8,9);2H,1H3/p+2. The number of imidazole rings is 3. The van der Waals surface area contributed by atoms with Gasteiger partial charge in [0.1, 0.15) is 11.8 Å². The van der Waals surface area contributed by atoms with Crippen molar-refractivity contribution in [1.29, 1.82) is 0 Å². The average Bonchev–Trinajstić information content (AvgIpc) is 3.62. The van der Waals surface area contributed by atoms with Crippen molar-refractivity contribution in [3.8, 4) is 0 Å². The molecule has 0 amide bonds. The van der Waals surface area contributed by atoms with Crippen LogP contribution in [-0.4, -0.2) is 65.9 Å². The molecule has 0 aliphatic rings. The molecule has 6 aromatic rings. The fourth-order valence-corrected chi connectivity index (χ4v) is 3.28. The van der Waals surface area contributed by atoms with Gasteiger partial charge in [-0.2, -0.15) is 0 Å². The van der Waals surface area contributed by atoms with Crippen molar-refractivity contribution in [2.24, 2.45) is 28.2 Å². The summed E-state index contributed by atoms with van der Waals surface area (Å²) in [4.78, 5) is 28.3. The number of aromatic nitrogens is 12. The van der Waals surface area contributed by atoms with Gasteiger partial charge in [0.05, 0.1) is 26.0 Å². The van der Waals surface area contributed by atoms with Gasteiger partial charge in [0.2, 0.25) is 23.9 Å². The molecule has 0 fully saturated rings. The van der Waals surface area contributed by atoms with Crippen LogP contribution in [0.4, 0.5) is 17.5 Å². The molecule has 8 N–H and O–H groups in total. The van der Waals surface area contributed by atoms with Crippen LogP contribution in [0.2, 0.25) is 0 Å². The van der Waals surface area contributed by atoms with Crippen LogP contribution in [0.3, 0.4) is 0 Å². The number of hydrogen-bond donors (Lipinski definition) is 5. The maximum Gasteiger partial charge on any atom is 0.252 e. The lowest BCUT2D eigenvalue weighted by molar-refractivity contribution is -0.718. The molecule has 38 heavy (non-hydrogen) atoms. The van der Waals surface area contributed by atoms with Crippen LogP contribution in [0.25, 0.3) is 33.5 Å². The number of hydrogen-bond acceptors (Lipinski definition) is 12. The zero-order valence-electron chi connectivity index (χ0n) is 21.7. The molecule has 17 nitrogen and oxygen atoms in total. The van der Waals surface area contributed by atoms with Crippen LogP contribution in [0.1, 0.15) is 0 Å². The highest BCUT2D eigenvalue weighted by Gasteiger charge is 2.14. The van der Waals surface area contributed by atoms with E-state index in [2.05, 4.69) is 34.9 Å². The van der Waals surface area contributed by atoms with Crippen molar-refractivity contribution >= 4 is 50.9 Å². The third-order valence-corrected chi connectivity index (χ3v) is 5.34. The van der Waals surface area contributed by atoms with Crippen LogP contribution in [0.15, 0.2) is 38.0 Å². The van der Waals surface area contributed by atoms with E-state index in [0.29, 0.717) is 34.1 Å². The molecule has 0 unspecified atom stereocenters. The number of fused-ring (bicyclic) bond motifs is 3. The Morgan fingerprint density at radius 1 is 0.684 bits per heavy atom. The first kappa shape index (κ1) is 27.6. The summed E-state index contributed by atoms with van der Waals surface area (Å²) in [6.45, 7) is -0.189. The summed E-state index contributed by atoms with van der Waals surface area (Å²) in [5.74, 6) is 1.49. The maximum absolute atomic E-state index is 8.89. The lowest BCUT2D eigenvalue weighted by Gasteiger charge is -1.97. The van der Waals surface area contributed by atoms with Gasteiger partial charge in [0, 0.05) is 28.3 Å². The molecule has 0 radical (unpaired) electrons. The summed E-state index contributed by atoms with van der Waals surface area (Å²) >= 11 is 0. The number of aliphatic hydroxyl groups is 2. The van der Waals surface area contributed by atoms with E-state index < -0.39 is 0 Å². The second kappa shape index (κ2) is 11.8. The van der Waals surface area contributed by atoms with Crippen molar-refractivity contribution < 1.29 is 19.3 Å². The monoisotopic (exact) mass is 525 g/mol. The highest BCUT2D eigenvalue weighted by molar-refractivity contribution is 5.81. The zero-order valence-corrected chi connectivity index (χ0v) is 21.7. The minimum atomic E-state index is -0.189. The van der Waals surface area contributed by atoms with Crippen molar-refractivity contribution in [3.05, 3.63) is 38.0 Å². The van der Waals surface area contributed by atoms with E-state index in [1.807, 2.05) is 32.8 Å². The van der Waals surface area contributed by atoms with E-state index in [4.69, 9.17) is 27.4 Å². The molecular formula is C21H31N15O2+2. The maximum atomic E-state index is 8.89. The Morgan fingerprint density at radius 3 is 1.68 bits per heavy atom. The van der Waals surface area contributed by atoms with Crippen molar-refractivity contribution in [1.82, 2.24) is 48.6 Å². The SMILES string of the molecule is CO.Cn1cnc2c(N)[n+](C)cnc21.Cn1cnc2c(N)[n+](CO)cnc21.Cn1cnc2c(N)ncnc21. The third-order valence-electron chi connectivity index (χ3n) is 5.34. The lowest BCUT2D eigenvalue weighted by Crippen LogP contribution is -2.37. The normalized spacial score (nSPS) is 10.4. The largest absolute Gasteiger partial charge is 0.400 e. The first-order valence-corrected chi connectivity index (χ1v) is 11.0. The number of anilines is 3. The van der Waals surface area contributed by atoms with Crippen LogP contribution in [-0.2, 0) is 34.9 Å². The van der Waals surface area contributed by atoms with Gasteiger partial charge in [-0.05, 0) is 0 Å².